The first kappa shape index (κ1) is 17.4. The fourth-order valence-corrected chi connectivity index (χ4v) is 3.19. The number of ether oxygens (including phenoxy) is 1. The third-order valence-electron chi connectivity index (χ3n) is 4.47. The monoisotopic (exact) mass is 346 g/mol. The number of para-hydroxylation sites is 1. The van der Waals surface area contributed by atoms with Crippen LogP contribution < -0.4 is 5.32 Å². The van der Waals surface area contributed by atoms with Crippen LogP contribution in [0.3, 0.4) is 0 Å². The van der Waals surface area contributed by atoms with Gasteiger partial charge in [-0.3, -0.25) is 0 Å². The third-order valence-corrected chi connectivity index (χ3v) is 4.47. The molecular weight excluding hydrogens is 323 g/mol. The number of nitrogens with zero attached hydrogens (tertiary/aromatic N) is 3. The van der Waals surface area contributed by atoms with Gasteiger partial charge in [0.15, 0.2) is 0 Å². The number of urea groups is 1. The highest BCUT2D eigenvalue weighted by Crippen LogP contribution is 2.26. The number of anilines is 1. The van der Waals surface area contributed by atoms with Gasteiger partial charge >= 0.3 is 6.03 Å². The molecule has 0 spiro atoms. The average molecular weight is 346 g/mol. The smallest absolute Gasteiger partial charge is 0.321 e. The Morgan fingerprint density at radius 2 is 2.28 bits per heavy atom. The van der Waals surface area contributed by atoms with Crippen molar-refractivity contribution in [2.75, 3.05) is 32.1 Å². The summed E-state index contributed by atoms with van der Waals surface area (Å²) in [6.07, 6.45) is 5.59. The van der Waals surface area contributed by atoms with Crippen molar-refractivity contribution in [3.05, 3.63) is 48.3 Å². The molecule has 1 aromatic carbocycles. The van der Waals surface area contributed by atoms with E-state index in [1.807, 2.05) is 6.20 Å². The first-order chi connectivity index (χ1) is 12.2. The van der Waals surface area contributed by atoms with Crippen LogP contribution in [0.1, 0.15) is 24.6 Å². The number of likely N-dealkylation sites (tertiary alicyclic amines) is 1. The number of piperidine rings is 1. The zero-order chi connectivity index (χ0) is 17.6. The van der Waals surface area contributed by atoms with Crippen LogP contribution in [0.15, 0.2) is 36.7 Å². The van der Waals surface area contributed by atoms with E-state index in [4.69, 9.17) is 4.74 Å². The molecule has 1 fully saturated rings. The first-order valence-electron chi connectivity index (χ1n) is 8.49. The summed E-state index contributed by atoms with van der Waals surface area (Å²) in [7, 11) is 1.67. The number of amides is 2. The normalized spacial score (nSPS) is 17.5. The molecule has 7 heteroatoms. The summed E-state index contributed by atoms with van der Waals surface area (Å²) in [6.45, 7) is 2.59. The molecule has 0 aliphatic carbocycles. The first-order valence-corrected chi connectivity index (χ1v) is 8.49. The molecule has 0 bridgehead atoms. The lowest BCUT2D eigenvalue weighted by Crippen LogP contribution is -2.42. The van der Waals surface area contributed by atoms with Crippen LogP contribution >= 0.6 is 0 Å². The number of carbonyl (C=O) groups is 1. The lowest BCUT2D eigenvalue weighted by molar-refractivity contribution is 0.179. The molecule has 134 valence electrons. The number of carbonyl (C=O) groups excluding carboxylic acids is 1. The van der Waals surface area contributed by atoms with E-state index in [2.05, 4.69) is 14.9 Å². The number of rotatable bonds is 5. The van der Waals surface area contributed by atoms with Crippen molar-refractivity contribution in [2.24, 2.45) is 0 Å². The fourth-order valence-electron chi connectivity index (χ4n) is 3.19. The SMILES string of the molecule is COCCn1ccnc1[C@@H]1CCCN(C(=O)Nc2ccccc2F)C1. The number of methoxy groups -OCH3 is 1. The van der Waals surface area contributed by atoms with Gasteiger partial charge in [0.2, 0.25) is 0 Å². The zero-order valence-electron chi connectivity index (χ0n) is 14.3. The van der Waals surface area contributed by atoms with E-state index in [0.717, 1.165) is 25.2 Å². The van der Waals surface area contributed by atoms with Gasteiger partial charge in [-0.15, -0.1) is 0 Å². The topological polar surface area (TPSA) is 59.4 Å². The van der Waals surface area contributed by atoms with Crippen molar-refractivity contribution >= 4 is 11.7 Å². The Morgan fingerprint density at radius 3 is 3.08 bits per heavy atom. The van der Waals surface area contributed by atoms with Crippen LogP contribution in [-0.2, 0) is 11.3 Å². The summed E-state index contributed by atoms with van der Waals surface area (Å²) in [4.78, 5) is 18.7. The molecule has 1 N–H and O–H groups in total. The van der Waals surface area contributed by atoms with Crippen molar-refractivity contribution in [3.8, 4) is 0 Å². The highest BCUT2D eigenvalue weighted by Gasteiger charge is 2.27. The fraction of sp³-hybridized carbons (Fsp3) is 0.444. The van der Waals surface area contributed by atoms with Crippen molar-refractivity contribution in [3.63, 3.8) is 0 Å². The lowest BCUT2D eigenvalue weighted by atomic mass is 9.97. The van der Waals surface area contributed by atoms with Crippen LogP contribution in [0.5, 0.6) is 0 Å². The van der Waals surface area contributed by atoms with Gasteiger partial charge < -0.3 is 19.5 Å². The third kappa shape index (κ3) is 4.17. The number of nitrogens with one attached hydrogen (secondary N) is 1. The number of benzene rings is 1. The standard InChI is InChI=1S/C18H23FN4O2/c1-25-12-11-22-10-8-20-17(22)14-5-4-9-23(13-14)18(24)21-16-7-3-2-6-15(16)19/h2-3,6-8,10,14H,4-5,9,11-13H2,1H3,(H,21,24)/t14-/m1/s1. The zero-order valence-corrected chi connectivity index (χ0v) is 14.3. The summed E-state index contributed by atoms with van der Waals surface area (Å²) in [5.41, 5.74) is 0.205. The maximum absolute atomic E-state index is 13.7. The largest absolute Gasteiger partial charge is 0.383 e. The quantitative estimate of drug-likeness (QED) is 0.905. The van der Waals surface area contributed by atoms with Crippen molar-refractivity contribution in [1.29, 1.82) is 0 Å². The van der Waals surface area contributed by atoms with Crippen molar-refractivity contribution < 1.29 is 13.9 Å². The average Bonchev–Trinajstić information content (AvgIpc) is 3.10. The molecule has 0 unspecified atom stereocenters. The maximum Gasteiger partial charge on any atom is 0.321 e. The predicted octanol–water partition coefficient (Wildman–Crippen LogP) is 3.08. The second-order valence-electron chi connectivity index (χ2n) is 6.17. The van der Waals surface area contributed by atoms with Gasteiger partial charge in [-0.05, 0) is 25.0 Å². The molecule has 1 aliphatic heterocycles. The van der Waals surface area contributed by atoms with E-state index < -0.39 is 5.82 Å². The highest BCUT2D eigenvalue weighted by molar-refractivity contribution is 5.89. The molecule has 1 saturated heterocycles. The molecule has 2 amide bonds. The minimum absolute atomic E-state index is 0.173. The van der Waals surface area contributed by atoms with E-state index in [1.54, 1.807) is 36.4 Å². The van der Waals surface area contributed by atoms with E-state index in [1.165, 1.54) is 6.07 Å². The number of hydrogen-bond donors (Lipinski definition) is 1. The molecule has 3 rings (SSSR count). The molecular formula is C18H23FN4O2. The Hall–Kier alpha value is -2.41. The van der Waals surface area contributed by atoms with Crippen LogP contribution in [0, 0.1) is 5.82 Å². The molecule has 25 heavy (non-hydrogen) atoms. The summed E-state index contributed by atoms with van der Waals surface area (Å²) in [6, 6.07) is 5.92. The number of aromatic nitrogens is 2. The van der Waals surface area contributed by atoms with Gasteiger partial charge in [-0.2, -0.15) is 0 Å². The van der Waals surface area contributed by atoms with Crippen LogP contribution in [0.2, 0.25) is 0 Å². The van der Waals surface area contributed by atoms with Crippen LogP contribution in [0.4, 0.5) is 14.9 Å². The maximum atomic E-state index is 13.7. The second-order valence-corrected chi connectivity index (χ2v) is 6.17. The van der Waals surface area contributed by atoms with Crippen molar-refractivity contribution in [2.45, 2.75) is 25.3 Å². The summed E-state index contributed by atoms with van der Waals surface area (Å²) >= 11 is 0. The highest BCUT2D eigenvalue weighted by atomic mass is 19.1. The van der Waals surface area contributed by atoms with E-state index >= 15 is 0 Å². The molecule has 1 atom stereocenters. The van der Waals surface area contributed by atoms with E-state index in [0.29, 0.717) is 19.7 Å². The van der Waals surface area contributed by atoms with Gasteiger partial charge in [0.25, 0.3) is 0 Å². The van der Waals surface area contributed by atoms with E-state index in [-0.39, 0.29) is 17.6 Å². The number of hydrogen-bond acceptors (Lipinski definition) is 3. The number of halogens is 1. The predicted molar refractivity (Wildman–Crippen MR) is 93.1 cm³/mol. The Labute approximate surface area is 146 Å². The minimum Gasteiger partial charge on any atom is -0.383 e. The summed E-state index contributed by atoms with van der Waals surface area (Å²) in [5.74, 6) is 0.715. The van der Waals surface area contributed by atoms with Gasteiger partial charge in [0.1, 0.15) is 11.6 Å². The van der Waals surface area contributed by atoms with Gasteiger partial charge in [-0.25, -0.2) is 14.2 Å². The van der Waals surface area contributed by atoms with Crippen LogP contribution in [-0.4, -0.2) is 47.3 Å². The number of imidazole rings is 1. The van der Waals surface area contributed by atoms with E-state index in [9.17, 15) is 9.18 Å². The molecule has 1 aliphatic rings. The molecule has 6 nitrogen and oxygen atoms in total. The Kier molecular flexibility index (Phi) is 5.65. The molecule has 0 radical (unpaired) electrons. The molecule has 1 aromatic heterocycles. The molecule has 0 saturated carbocycles. The Bertz CT molecular complexity index is 719. The minimum atomic E-state index is -0.431. The molecule has 2 aromatic rings. The van der Waals surface area contributed by atoms with Gasteiger partial charge in [0.05, 0.1) is 12.3 Å². The van der Waals surface area contributed by atoms with Gasteiger partial charge in [-0.1, -0.05) is 12.1 Å². The van der Waals surface area contributed by atoms with Crippen molar-refractivity contribution in [1.82, 2.24) is 14.5 Å². The summed E-state index contributed by atoms with van der Waals surface area (Å²) in [5, 5.41) is 2.66. The Balaban J connectivity index is 1.66. The van der Waals surface area contributed by atoms with Crippen LogP contribution in [0.25, 0.3) is 0 Å². The summed E-state index contributed by atoms with van der Waals surface area (Å²) < 4.78 is 20.9. The lowest BCUT2D eigenvalue weighted by Gasteiger charge is -2.32. The second kappa shape index (κ2) is 8.11. The Morgan fingerprint density at radius 1 is 1.44 bits per heavy atom. The van der Waals surface area contributed by atoms with Gasteiger partial charge in [0, 0.05) is 45.1 Å². The molecule has 2 heterocycles.